The van der Waals surface area contributed by atoms with Crippen molar-refractivity contribution in [2.24, 2.45) is 12.8 Å². The number of halogens is 1. The zero-order valence-corrected chi connectivity index (χ0v) is 14.8. The quantitative estimate of drug-likeness (QED) is 0.912. The number of aromatic nitrogens is 2. The number of carbonyl (C=O) groups is 1. The summed E-state index contributed by atoms with van der Waals surface area (Å²) in [5.74, 6) is 0.497. The summed E-state index contributed by atoms with van der Waals surface area (Å²) in [5.41, 5.74) is 6.98. The molecule has 3 rings (SSSR count). The molecule has 2 aromatic heterocycles. The first-order chi connectivity index (χ1) is 9.97. The second kappa shape index (κ2) is 6.56. The van der Waals surface area contributed by atoms with Crippen LogP contribution in [0.25, 0.3) is 10.2 Å². The summed E-state index contributed by atoms with van der Waals surface area (Å²) in [6, 6.07) is 2.26. The van der Waals surface area contributed by atoms with Crippen LogP contribution in [0.3, 0.4) is 0 Å². The average molecular weight is 343 g/mol. The first kappa shape index (κ1) is 17.2. The van der Waals surface area contributed by atoms with E-state index >= 15 is 0 Å². The Morgan fingerprint density at radius 3 is 2.64 bits per heavy atom. The van der Waals surface area contributed by atoms with Gasteiger partial charge in [-0.05, 0) is 24.8 Å². The van der Waals surface area contributed by atoms with Gasteiger partial charge in [0.1, 0.15) is 4.83 Å². The van der Waals surface area contributed by atoms with E-state index in [0.29, 0.717) is 5.92 Å². The summed E-state index contributed by atoms with van der Waals surface area (Å²) >= 11 is 1.54. The molecule has 0 bridgehead atoms. The highest BCUT2D eigenvalue weighted by atomic mass is 35.5. The number of amides is 1. The summed E-state index contributed by atoms with van der Waals surface area (Å²) in [5, 5.41) is 5.68. The molecular weight excluding hydrogens is 320 g/mol. The Labute approximate surface area is 140 Å². The molecule has 122 valence electrons. The van der Waals surface area contributed by atoms with E-state index in [4.69, 9.17) is 5.73 Å². The molecule has 0 aromatic carbocycles. The zero-order chi connectivity index (χ0) is 15.1. The van der Waals surface area contributed by atoms with Crippen LogP contribution in [-0.2, 0) is 7.05 Å². The molecule has 0 atom stereocenters. The van der Waals surface area contributed by atoms with Crippen LogP contribution in [-0.4, -0.2) is 39.7 Å². The molecule has 1 amide bonds. The Balaban J connectivity index is 0.00000176. The van der Waals surface area contributed by atoms with Gasteiger partial charge in [-0.2, -0.15) is 5.10 Å². The number of rotatable bonds is 2. The fraction of sp³-hybridized carbons (Fsp3) is 0.600. The van der Waals surface area contributed by atoms with Crippen molar-refractivity contribution in [2.75, 3.05) is 13.1 Å². The van der Waals surface area contributed by atoms with Crippen molar-refractivity contribution in [3.8, 4) is 0 Å². The molecule has 1 aliphatic heterocycles. The van der Waals surface area contributed by atoms with Crippen molar-refractivity contribution in [3.63, 3.8) is 0 Å². The van der Waals surface area contributed by atoms with Crippen molar-refractivity contribution in [1.29, 1.82) is 0 Å². The van der Waals surface area contributed by atoms with Gasteiger partial charge >= 0.3 is 0 Å². The maximum Gasteiger partial charge on any atom is 0.264 e. The fourth-order valence-electron chi connectivity index (χ4n) is 2.86. The fourth-order valence-corrected chi connectivity index (χ4v) is 3.90. The molecule has 1 aliphatic rings. The third-order valence-electron chi connectivity index (χ3n) is 4.12. The lowest BCUT2D eigenvalue weighted by atomic mass is 10.1. The molecule has 2 aromatic rings. The molecule has 2 N–H and O–H groups in total. The highest BCUT2D eigenvalue weighted by Gasteiger charge is 2.25. The predicted molar refractivity (Wildman–Crippen MR) is 93.0 cm³/mol. The average Bonchev–Trinajstić information content (AvgIpc) is 3.00. The van der Waals surface area contributed by atoms with Crippen molar-refractivity contribution in [2.45, 2.75) is 38.6 Å². The van der Waals surface area contributed by atoms with Crippen molar-refractivity contribution >= 4 is 39.9 Å². The summed E-state index contributed by atoms with van der Waals surface area (Å²) in [6.07, 6.45) is 1.80. The van der Waals surface area contributed by atoms with Gasteiger partial charge < -0.3 is 10.6 Å². The summed E-state index contributed by atoms with van der Waals surface area (Å²) in [6.45, 7) is 5.80. The minimum absolute atomic E-state index is 0. The number of aryl methyl sites for hydroxylation is 1. The molecule has 0 aliphatic carbocycles. The molecule has 5 nitrogen and oxygen atoms in total. The normalized spacial score (nSPS) is 16.3. The van der Waals surface area contributed by atoms with Crippen LogP contribution in [0.4, 0.5) is 0 Å². The van der Waals surface area contributed by atoms with Crippen LogP contribution < -0.4 is 5.73 Å². The largest absolute Gasteiger partial charge is 0.338 e. The SMILES string of the molecule is CC(C)c1nn(C)c2sc(C(=O)N3CCC(N)CC3)cc12.Cl. The number of nitrogens with two attached hydrogens (primary N) is 1. The highest BCUT2D eigenvalue weighted by Crippen LogP contribution is 2.32. The van der Waals surface area contributed by atoms with Crippen LogP contribution in [0.1, 0.15) is 48.0 Å². The Kier molecular flexibility index (Phi) is 5.14. The van der Waals surface area contributed by atoms with E-state index in [0.717, 1.165) is 46.7 Å². The minimum atomic E-state index is 0. The lowest BCUT2D eigenvalue weighted by molar-refractivity contribution is 0.0720. The number of thiophene rings is 1. The smallest absolute Gasteiger partial charge is 0.264 e. The van der Waals surface area contributed by atoms with E-state index in [1.54, 1.807) is 11.3 Å². The maximum atomic E-state index is 12.6. The molecule has 3 heterocycles. The number of nitrogens with zero attached hydrogens (tertiary/aromatic N) is 3. The van der Waals surface area contributed by atoms with Gasteiger partial charge in [-0.15, -0.1) is 23.7 Å². The van der Waals surface area contributed by atoms with Crippen LogP contribution in [0.15, 0.2) is 6.07 Å². The Morgan fingerprint density at radius 2 is 2.05 bits per heavy atom. The summed E-state index contributed by atoms with van der Waals surface area (Å²) in [7, 11) is 1.94. The van der Waals surface area contributed by atoms with Crippen molar-refractivity contribution < 1.29 is 4.79 Å². The third kappa shape index (κ3) is 3.00. The lowest BCUT2D eigenvalue weighted by Gasteiger charge is -2.29. The van der Waals surface area contributed by atoms with Gasteiger partial charge in [-0.25, -0.2) is 0 Å². The Bertz CT molecular complexity index is 670. The zero-order valence-electron chi connectivity index (χ0n) is 13.2. The van der Waals surface area contributed by atoms with Gasteiger partial charge in [0, 0.05) is 31.6 Å². The van der Waals surface area contributed by atoms with E-state index in [2.05, 4.69) is 18.9 Å². The summed E-state index contributed by atoms with van der Waals surface area (Å²) in [4.78, 5) is 16.5. The standard InChI is InChI=1S/C15H22N4OS.ClH/c1-9(2)13-11-8-12(21-15(11)18(3)17-13)14(20)19-6-4-10(16)5-7-19;/h8-10H,4-7,16H2,1-3H3;1H. The number of fused-ring (bicyclic) bond motifs is 1. The van der Waals surface area contributed by atoms with Crippen molar-refractivity contribution in [1.82, 2.24) is 14.7 Å². The van der Waals surface area contributed by atoms with Gasteiger partial charge in [0.05, 0.1) is 10.6 Å². The topological polar surface area (TPSA) is 64.2 Å². The number of piperidine rings is 1. The molecule has 7 heteroatoms. The molecule has 1 fully saturated rings. The van der Waals surface area contributed by atoms with Crippen LogP contribution in [0.5, 0.6) is 0 Å². The van der Waals surface area contributed by atoms with E-state index in [-0.39, 0.29) is 24.4 Å². The Morgan fingerprint density at radius 1 is 1.41 bits per heavy atom. The molecule has 22 heavy (non-hydrogen) atoms. The van der Waals surface area contributed by atoms with E-state index < -0.39 is 0 Å². The molecule has 0 unspecified atom stereocenters. The Hall–Kier alpha value is -1.11. The maximum absolute atomic E-state index is 12.6. The number of hydrogen-bond donors (Lipinski definition) is 1. The van der Waals surface area contributed by atoms with Crippen LogP contribution in [0.2, 0.25) is 0 Å². The van der Waals surface area contributed by atoms with Gasteiger partial charge in [0.15, 0.2) is 0 Å². The second-order valence-corrected chi connectivity index (χ2v) is 7.15. The lowest BCUT2D eigenvalue weighted by Crippen LogP contribution is -2.42. The van der Waals surface area contributed by atoms with E-state index in [1.165, 1.54) is 0 Å². The molecule has 1 saturated heterocycles. The highest BCUT2D eigenvalue weighted by molar-refractivity contribution is 7.20. The first-order valence-electron chi connectivity index (χ1n) is 7.48. The minimum Gasteiger partial charge on any atom is -0.338 e. The van der Waals surface area contributed by atoms with Crippen LogP contribution >= 0.6 is 23.7 Å². The van der Waals surface area contributed by atoms with Gasteiger partial charge in [-0.3, -0.25) is 9.48 Å². The number of carbonyl (C=O) groups excluding carboxylic acids is 1. The molecule has 0 spiro atoms. The predicted octanol–water partition coefficient (Wildman–Crippen LogP) is 2.74. The second-order valence-electron chi connectivity index (χ2n) is 6.12. The van der Waals surface area contributed by atoms with E-state index in [9.17, 15) is 4.79 Å². The molecule has 0 saturated carbocycles. The third-order valence-corrected chi connectivity index (χ3v) is 5.31. The van der Waals surface area contributed by atoms with Crippen LogP contribution in [0, 0.1) is 0 Å². The monoisotopic (exact) mass is 342 g/mol. The van der Waals surface area contributed by atoms with Gasteiger partial charge in [-0.1, -0.05) is 13.8 Å². The van der Waals surface area contributed by atoms with E-state index in [1.807, 2.05) is 22.7 Å². The molecule has 0 radical (unpaired) electrons. The van der Waals surface area contributed by atoms with Gasteiger partial charge in [0.2, 0.25) is 0 Å². The molecular formula is C15H23ClN4OS. The first-order valence-corrected chi connectivity index (χ1v) is 8.30. The summed E-state index contributed by atoms with van der Waals surface area (Å²) < 4.78 is 1.89. The number of hydrogen-bond acceptors (Lipinski definition) is 4. The van der Waals surface area contributed by atoms with Gasteiger partial charge in [0.25, 0.3) is 5.91 Å². The number of likely N-dealkylation sites (tertiary alicyclic amines) is 1. The van der Waals surface area contributed by atoms with Crippen molar-refractivity contribution in [3.05, 3.63) is 16.6 Å².